The van der Waals surface area contributed by atoms with Crippen LogP contribution in [0.2, 0.25) is 0 Å². The number of amides is 1. The Bertz CT molecular complexity index is 581. The Kier molecular flexibility index (Phi) is 5.80. The van der Waals surface area contributed by atoms with Crippen LogP contribution in [0.3, 0.4) is 0 Å². The largest absolute Gasteiger partial charge is 0.469 e. The predicted molar refractivity (Wildman–Crippen MR) is 91.1 cm³/mol. The second-order valence-electron chi connectivity index (χ2n) is 6.64. The highest BCUT2D eigenvalue weighted by Gasteiger charge is 2.31. The van der Waals surface area contributed by atoms with Crippen LogP contribution in [0.25, 0.3) is 0 Å². The lowest BCUT2D eigenvalue weighted by Gasteiger charge is -2.35. The minimum absolute atomic E-state index is 0.00160. The molecule has 2 fully saturated rings. The Morgan fingerprint density at radius 2 is 1.80 bits per heavy atom. The number of esters is 1. The summed E-state index contributed by atoms with van der Waals surface area (Å²) in [7, 11) is 1.44. The smallest absolute Gasteiger partial charge is 0.309 e. The molecule has 3 heterocycles. The molecule has 2 aliphatic heterocycles. The molecule has 2 aliphatic rings. The van der Waals surface area contributed by atoms with Gasteiger partial charge >= 0.3 is 5.97 Å². The number of hydrogen-bond acceptors (Lipinski definition) is 6. The van der Waals surface area contributed by atoms with Crippen molar-refractivity contribution in [2.45, 2.75) is 12.8 Å². The second-order valence-corrected chi connectivity index (χ2v) is 6.64. The third-order valence-electron chi connectivity index (χ3n) is 5.10. The SMILES string of the molecule is COC(=O)C1CC[NH+](CC(=O)N2CCN(c3ncccn3)CC2)CC1. The molecule has 3 rings (SSSR count). The first-order valence-electron chi connectivity index (χ1n) is 8.88. The Labute approximate surface area is 147 Å². The maximum Gasteiger partial charge on any atom is 0.309 e. The van der Waals surface area contributed by atoms with Crippen molar-refractivity contribution in [2.75, 3.05) is 57.8 Å². The number of piperidine rings is 1. The normalized spacial score (nSPS) is 24.0. The number of aromatic nitrogens is 2. The first kappa shape index (κ1) is 17.6. The molecule has 0 saturated carbocycles. The summed E-state index contributed by atoms with van der Waals surface area (Å²) in [6, 6.07) is 1.80. The van der Waals surface area contributed by atoms with Crippen molar-refractivity contribution in [3.8, 4) is 0 Å². The molecule has 1 amide bonds. The lowest BCUT2D eigenvalue weighted by molar-refractivity contribution is -0.898. The molecule has 0 aliphatic carbocycles. The zero-order chi connectivity index (χ0) is 17.6. The van der Waals surface area contributed by atoms with E-state index >= 15 is 0 Å². The van der Waals surface area contributed by atoms with E-state index in [1.807, 2.05) is 4.90 Å². The van der Waals surface area contributed by atoms with Gasteiger partial charge < -0.3 is 19.4 Å². The van der Waals surface area contributed by atoms with Crippen molar-refractivity contribution in [1.29, 1.82) is 0 Å². The molecule has 1 aromatic rings. The van der Waals surface area contributed by atoms with E-state index in [1.54, 1.807) is 18.5 Å². The quantitative estimate of drug-likeness (QED) is 0.674. The highest BCUT2D eigenvalue weighted by molar-refractivity contribution is 5.77. The Hall–Kier alpha value is -2.22. The number of methoxy groups -OCH3 is 1. The number of hydrogen-bond donors (Lipinski definition) is 1. The zero-order valence-electron chi connectivity index (χ0n) is 14.7. The van der Waals surface area contributed by atoms with E-state index in [0.717, 1.165) is 45.0 Å². The minimum Gasteiger partial charge on any atom is -0.469 e. The number of piperazine rings is 1. The van der Waals surface area contributed by atoms with Crippen molar-refractivity contribution >= 4 is 17.8 Å². The Morgan fingerprint density at radius 3 is 2.40 bits per heavy atom. The first-order valence-corrected chi connectivity index (χ1v) is 8.88. The number of carbonyl (C=O) groups excluding carboxylic acids is 2. The average molecular weight is 348 g/mol. The molecule has 0 spiro atoms. The van der Waals surface area contributed by atoms with Crippen LogP contribution in [0.4, 0.5) is 5.95 Å². The van der Waals surface area contributed by atoms with E-state index in [2.05, 4.69) is 14.9 Å². The number of nitrogens with zero attached hydrogens (tertiary/aromatic N) is 4. The molecule has 2 saturated heterocycles. The van der Waals surface area contributed by atoms with Crippen molar-refractivity contribution in [3.63, 3.8) is 0 Å². The fraction of sp³-hybridized carbons (Fsp3) is 0.647. The highest BCUT2D eigenvalue weighted by Crippen LogP contribution is 2.12. The number of likely N-dealkylation sites (tertiary alicyclic amines) is 1. The number of anilines is 1. The van der Waals surface area contributed by atoms with Crippen LogP contribution in [0.1, 0.15) is 12.8 Å². The van der Waals surface area contributed by atoms with Gasteiger partial charge in [0.05, 0.1) is 26.1 Å². The molecule has 1 N–H and O–H groups in total. The predicted octanol–water partition coefficient (Wildman–Crippen LogP) is -1.41. The van der Waals surface area contributed by atoms with Gasteiger partial charge in [-0.3, -0.25) is 9.59 Å². The summed E-state index contributed by atoms with van der Waals surface area (Å²) < 4.78 is 4.81. The molecule has 0 radical (unpaired) electrons. The van der Waals surface area contributed by atoms with Gasteiger partial charge in [0.25, 0.3) is 5.91 Å². The molecule has 8 nitrogen and oxygen atoms in total. The molecule has 1 aromatic heterocycles. The van der Waals surface area contributed by atoms with Crippen molar-refractivity contribution in [3.05, 3.63) is 18.5 Å². The van der Waals surface area contributed by atoms with Crippen molar-refractivity contribution in [1.82, 2.24) is 14.9 Å². The molecule has 0 bridgehead atoms. The van der Waals surface area contributed by atoms with E-state index in [-0.39, 0.29) is 17.8 Å². The van der Waals surface area contributed by atoms with Crippen LogP contribution >= 0.6 is 0 Å². The topological polar surface area (TPSA) is 80.1 Å². The van der Waals surface area contributed by atoms with Gasteiger partial charge in [0.1, 0.15) is 0 Å². The van der Waals surface area contributed by atoms with Gasteiger partial charge in [-0.2, -0.15) is 0 Å². The zero-order valence-corrected chi connectivity index (χ0v) is 14.7. The fourth-order valence-corrected chi connectivity index (χ4v) is 3.54. The van der Waals surface area contributed by atoms with E-state index < -0.39 is 0 Å². The summed E-state index contributed by atoms with van der Waals surface area (Å²) in [6.07, 6.45) is 5.07. The standard InChI is InChI=1S/C17H25N5O3/c1-25-16(24)14-3-7-20(8-4-14)13-15(23)21-9-11-22(12-10-21)17-18-5-2-6-19-17/h2,5-6,14H,3-4,7-13H2,1H3/p+1. The van der Waals surface area contributed by atoms with Gasteiger partial charge in [0.15, 0.2) is 6.54 Å². The van der Waals surface area contributed by atoms with E-state index in [4.69, 9.17) is 4.74 Å². The summed E-state index contributed by atoms with van der Waals surface area (Å²) in [5, 5.41) is 0. The van der Waals surface area contributed by atoms with E-state index in [0.29, 0.717) is 19.6 Å². The molecule has 25 heavy (non-hydrogen) atoms. The monoisotopic (exact) mass is 348 g/mol. The number of rotatable bonds is 4. The van der Waals surface area contributed by atoms with Gasteiger partial charge in [0.2, 0.25) is 5.95 Å². The summed E-state index contributed by atoms with van der Waals surface area (Å²) in [5.41, 5.74) is 0. The van der Waals surface area contributed by atoms with Gasteiger partial charge in [-0.25, -0.2) is 9.97 Å². The van der Waals surface area contributed by atoms with Crippen LogP contribution in [-0.4, -0.2) is 79.7 Å². The molecular formula is C17H26N5O3+. The lowest BCUT2D eigenvalue weighted by atomic mass is 9.97. The number of nitrogens with one attached hydrogen (secondary N) is 1. The van der Waals surface area contributed by atoms with Crippen LogP contribution < -0.4 is 9.80 Å². The fourth-order valence-electron chi connectivity index (χ4n) is 3.54. The second kappa shape index (κ2) is 8.24. The highest BCUT2D eigenvalue weighted by atomic mass is 16.5. The Morgan fingerprint density at radius 1 is 1.16 bits per heavy atom. The van der Waals surface area contributed by atoms with Gasteiger partial charge in [-0.15, -0.1) is 0 Å². The summed E-state index contributed by atoms with van der Waals surface area (Å²) in [5.74, 6) is 0.799. The summed E-state index contributed by atoms with van der Waals surface area (Å²) >= 11 is 0. The Balaban J connectivity index is 1.42. The summed E-state index contributed by atoms with van der Waals surface area (Å²) in [6.45, 7) is 5.14. The van der Waals surface area contributed by atoms with Gasteiger partial charge in [0, 0.05) is 51.4 Å². The third kappa shape index (κ3) is 4.45. The van der Waals surface area contributed by atoms with Crippen molar-refractivity contribution < 1.29 is 19.2 Å². The van der Waals surface area contributed by atoms with Crippen LogP contribution in [0.5, 0.6) is 0 Å². The number of ether oxygens (including phenoxy) is 1. The van der Waals surface area contributed by atoms with Crippen molar-refractivity contribution in [2.24, 2.45) is 5.92 Å². The molecular weight excluding hydrogens is 322 g/mol. The van der Waals surface area contributed by atoms with E-state index in [9.17, 15) is 9.59 Å². The van der Waals surface area contributed by atoms with Crippen LogP contribution in [0.15, 0.2) is 18.5 Å². The molecule has 0 unspecified atom stereocenters. The molecule has 0 aromatic carbocycles. The average Bonchev–Trinajstić information content (AvgIpc) is 2.68. The van der Waals surface area contributed by atoms with Gasteiger partial charge in [-0.1, -0.05) is 0 Å². The lowest BCUT2D eigenvalue weighted by Crippen LogP contribution is -3.14. The molecule has 8 heteroatoms. The minimum atomic E-state index is -0.121. The number of carbonyl (C=O) groups is 2. The first-order chi connectivity index (χ1) is 12.2. The van der Waals surface area contributed by atoms with Crippen LogP contribution in [0, 0.1) is 5.92 Å². The maximum atomic E-state index is 12.5. The number of quaternary nitrogens is 1. The summed E-state index contributed by atoms with van der Waals surface area (Å²) in [4.78, 5) is 37.9. The van der Waals surface area contributed by atoms with E-state index in [1.165, 1.54) is 12.0 Å². The van der Waals surface area contributed by atoms with Gasteiger partial charge in [-0.05, 0) is 6.07 Å². The molecule has 0 atom stereocenters. The van der Waals surface area contributed by atoms with Crippen LogP contribution in [-0.2, 0) is 14.3 Å². The third-order valence-corrected chi connectivity index (χ3v) is 5.10. The maximum absolute atomic E-state index is 12.5. The molecule has 136 valence electrons.